The van der Waals surface area contributed by atoms with Crippen molar-refractivity contribution in [3.8, 4) is 0 Å². The van der Waals surface area contributed by atoms with E-state index >= 15 is 0 Å². The number of ether oxygens (including phenoxy) is 1. The number of methoxy groups -OCH3 is 1. The van der Waals surface area contributed by atoms with Gasteiger partial charge in [0.25, 0.3) is 0 Å². The van der Waals surface area contributed by atoms with Gasteiger partial charge in [0.05, 0.1) is 6.61 Å². The summed E-state index contributed by atoms with van der Waals surface area (Å²) in [6.07, 6.45) is 1.20. The van der Waals surface area contributed by atoms with Crippen molar-refractivity contribution in [3.05, 3.63) is 0 Å². The van der Waals surface area contributed by atoms with E-state index in [2.05, 4.69) is 44.8 Å². The first-order valence-electron chi connectivity index (χ1n) is 6.90. The van der Waals surface area contributed by atoms with Gasteiger partial charge in [-0.2, -0.15) is 0 Å². The first-order valence-corrected chi connectivity index (χ1v) is 6.90. The molecule has 0 aromatic rings. The minimum Gasteiger partial charge on any atom is -0.383 e. The number of nitrogens with one attached hydrogen (secondary N) is 1. The normalized spacial score (nSPS) is 14.3. The lowest BCUT2D eigenvalue weighted by Crippen LogP contribution is -2.43. The van der Waals surface area contributed by atoms with Crippen molar-refractivity contribution in [2.75, 3.05) is 39.9 Å². The molecule has 0 bridgehead atoms. The molecule has 0 radical (unpaired) electrons. The standard InChI is InChI=1S/C14H32N2O/c1-7-15-13(14(3,4)5)9-10-16(8-2)11-12-17-6/h13,15H,7-12H2,1-6H3. The summed E-state index contributed by atoms with van der Waals surface area (Å²) in [4.78, 5) is 2.46. The molecule has 0 rings (SSSR count). The molecular formula is C14H32N2O. The van der Waals surface area contributed by atoms with E-state index < -0.39 is 0 Å². The maximum absolute atomic E-state index is 5.14. The van der Waals surface area contributed by atoms with Gasteiger partial charge in [-0.3, -0.25) is 0 Å². The van der Waals surface area contributed by atoms with Crippen molar-refractivity contribution >= 4 is 0 Å². The summed E-state index contributed by atoms with van der Waals surface area (Å²) in [5, 5.41) is 3.60. The Bertz CT molecular complexity index is 178. The van der Waals surface area contributed by atoms with Gasteiger partial charge in [-0.25, -0.2) is 0 Å². The van der Waals surface area contributed by atoms with Crippen molar-refractivity contribution < 1.29 is 4.74 Å². The molecule has 0 aliphatic carbocycles. The molecule has 0 aliphatic heterocycles. The van der Waals surface area contributed by atoms with Gasteiger partial charge in [0.1, 0.15) is 0 Å². The highest BCUT2D eigenvalue weighted by Gasteiger charge is 2.23. The van der Waals surface area contributed by atoms with E-state index in [1.807, 2.05) is 0 Å². The van der Waals surface area contributed by atoms with Crippen LogP contribution in [-0.2, 0) is 4.74 Å². The molecule has 1 atom stereocenters. The predicted molar refractivity (Wildman–Crippen MR) is 75.5 cm³/mol. The predicted octanol–water partition coefficient (Wildman–Crippen LogP) is 2.37. The van der Waals surface area contributed by atoms with E-state index in [-0.39, 0.29) is 0 Å². The zero-order valence-corrected chi connectivity index (χ0v) is 12.7. The lowest BCUT2D eigenvalue weighted by atomic mass is 9.84. The van der Waals surface area contributed by atoms with E-state index in [1.165, 1.54) is 6.42 Å². The van der Waals surface area contributed by atoms with Gasteiger partial charge in [-0.1, -0.05) is 34.6 Å². The first kappa shape index (κ1) is 16.9. The van der Waals surface area contributed by atoms with Crippen LogP contribution in [0.4, 0.5) is 0 Å². The number of rotatable bonds is 9. The molecule has 1 N–H and O–H groups in total. The number of likely N-dealkylation sites (N-methyl/N-ethyl adjacent to an activating group) is 1. The summed E-state index contributed by atoms with van der Waals surface area (Å²) in [6.45, 7) is 16.5. The molecule has 0 amide bonds. The molecule has 3 nitrogen and oxygen atoms in total. The van der Waals surface area contributed by atoms with E-state index in [4.69, 9.17) is 4.74 Å². The molecular weight excluding hydrogens is 212 g/mol. The zero-order chi connectivity index (χ0) is 13.3. The second kappa shape index (κ2) is 8.90. The Kier molecular flexibility index (Phi) is 8.83. The number of hydrogen-bond donors (Lipinski definition) is 1. The molecule has 0 fully saturated rings. The van der Waals surface area contributed by atoms with Crippen LogP contribution in [0, 0.1) is 5.41 Å². The molecule has 17 heavy (non-hydrogen) atoms. The van der Waals surface area contributed by atoms with Gasteiger partial charge in [0.15, 0.2) is 0 Å². The van der Waals surface area contributed by atoms with E-state index in [9.17, 15) is 0 Å². The van der Waals surface area contributed by atoms with Crippen LogP contribution in [0.5, 0.6) is 0 Å². The molecule has 104 valence electrons. The summed E-state index contributed by atoms with van der Waals surface area (Å²) < 4.78 is 5.14. The van der Waals surface area contributed by atoms with Gasteiger partial charge in [-0.15, -0.1) is 0 Å². The Hall–Kier alpha value is -0.120. The molecule has 1 unspecified atom stereocenters. The second-order valence-corrected chi connectivity index (χ2v) is 5.69. The third-order valence-electron chi connectivity index (χ3n) is 3.29. The lowest BCUT2D eigenvalue weighted by molar-refractivity contribution is 0.141. The monoisotopic (exact) mass is 244 g/mol. The fourth-order valence-electron chi connectivity index (χ4n) is 2.05. The van der Waals surface area contributed by atoms with Crippen molar-refractivity contribution in [2.45, 2.75) is 47.1 Å². The highest BCUT2D eigenvalue weighted by Crippen LogP contribution is 2.21. The van der Waals surface area contributed by atoms with Crippen molar-refractivity contribution in [2.24, 2.45) is 5.41 Å². The molecule has 0 heterocycles. The highest BCUT2D eigenvalue weighted by atomic mass is 16.5. The Morgan fingerprint density at radius 2 is 1.82 bits per heavy atom. The van der Waals surface area contributed by atoms with Crippen LogP contribution in [0.25, 0.3) is 0 Å². The summed E-state index contributed by atoms with van der Waals surface area (Å²) in [6, 6.07) is 0.587. The Morgan fingerprint density at radius 1 is 1.18 bits per heavy atom. The van der Waals surface area contributed by atoms with Crippen molar-refractivity contribution in [1.29, 1.82) is 0 Å². The second-order valence-electron chi connectivity index (χ2n) is 5.69. The van der Waals surface area contributed by atoms with E-state index in [1.54, 1.807) is 7.11 Å². The topological polar surface area (TPSA) is 24.5 Å². The Balaban J connectivity index is 4.08. The maximum Gasteiger partial charge on any atom is 0.0589 e. The van der Waals surface area contributed by atoms with Crippen LogP contribution in [0.15, 0.2) is 0 Å². The van der Waals surface area contributed by atoms with E-state index in [0.717, 1.165) is 32.8 Å². The van der Waals surface area contributed by atoms with Gasteiger partial charge in [0.2, 0.25) is 0 Å². The van der Waals surface area contributed by atoms with E-state index in [0.29, 0.717) is 11.5 Å². The Labute approximate surface area is 108 Å². The average molecular weight is 244 g/mol. The number of nitrogens with zero attached hydrogens (tertiary/aromatic N) is 1. The third kappa shape index (κ3) is 7.74. The molecule has 3 heteroatoms. The van der Waals surface area contributed by atoms with Crippen molar-refractivity contribution in [1.82, 2.24) is 10.2 Å². The summed E-state index contributed by atoms with van der Waals surface area (Å²) in [7, 11) is 1.77. The highest BCUT2D eigenvalue weighted by molar-refractivity contribution is 4.81. The molecule has 0 saturated carbocycles. The quantitative estimate of drug-likeness (QED) is 0.674. The SMILES string of the molecule is CCNC(CCN(CC)CCOC)C(C)(C)C. The minimum absolute atomic E-state index is 0.330. The summed E-state index contributed by atoms with van der Waals surface area (Å²) in [5.74, 6) is 0. The number of hydrogen-bond acceptors (Lipinski definition) is 3. The van der Waals surface area contributed by atoms with Crippen LogP contribution in [0.1, 0.15) is 41.0 Å². The fourth-order valence-corrected chi connectivity index (χ4v) is 2.05. The first-order chi connectivity index (χ1) is 7.95. The van der Waals surface area contributed by atoms with Crippen LogP contribution < -0.4 is 5.32 Å². The average Bonchev–Trinajstić information content (AvgIpc) is 2.26. The fraction of sp³-hybridized carbons (Fsp3) is 1.00. The maximum atomic E-state index is 5.14. The molecule has 0 saturated heterocycles. The molecule has 0 spiro atoms. The van der Waals surface area contributed by atoms with Gasteiger partial charge in [-0.05, 0) is 31.5 Å². The summed E-state index contributed by atoms with van der Waals surface area (Å²) >= 11 is 0. The van der Waals surface area contributed by atoms with Gasteiger partial charge >= 0.3 is 0 Å². The van der Waals surface area contributed by atoms with Crippen LogP contribution in [-0.4, -0.2) is 50.8 Å². The largest absolute Gasteiger partial charge is 0.383 e. The van der Waals surface area contributed by atoms with Crippen molar-refractivity contribution in [3.63, 3.8) is 0 Å². The van der Waals surface area contributed by atoms with Gasteiger partial charge < -0.3 is 15.0 Å². The third-order valence-corrected chi connectivity index (χ3v) is 3.29. The Morgan fingerprint density at radius 3 is 2.24 bits per heavy atom. The van der Waals surface area contributed by atoms with Gasteiger partial charge in [0, 0.05) is 19.7 Å². The lowest BCUT2D eigenvalue weighted by Gasteiger charge is -2.33. The zero-order valence-electron chi connectivity index (χ0n) is 12.7. The molecule has 0 aliphatic rings. The molecule has 0 aromatic heterocycles. The smallest absolute Gasteiger partial charge is 0.0589 e. The minimum atomic E-state index is 0.330. The summed E-state index contributed by atoms with van der Waals surface area (Å²) in [5.41, 5.74) is 0.330. The molecule has 0 aromatic carbocycles. The van der Waals surface area contributed by atoms with Crippen LogP contribution in [0.2, 0.25) is 0 Å². The van der Waals surface area contributed by atoms with Crippen LogP contribution >= 0.6 is 0 Å². The van der Waals surface area contributed by atoms with Crippen LogP contribution in [0.3, 0.4) is 0 Å².